The Hall–Kier alpha value is -3.69. The number of ether oxygens (including phenoxy) is 2. The van der Waals surface area contributed by atoms with Crippen LogP contribution < -0.4 is 9.47 Å². The van der Waals surface area contributed by atoms with Gasteiger partial charge in [-0.15, -0.1) is 16.7 Å². The van der Waals surface area contributed by atoms with Gasteiger partial charge in [-0.2, -0.15) is 13.2 Å². The van der Waals surface area contributed by atoms with Gasteiger partial charge >= 0.3 is 12.1 Å². The lowest BCUT2D eigenvalue weighted by Crippen LogP contribution is -2.28. The molecule has 1 aromatic carbocycles. The number of halogens is 5. The highest BCUT2D eigenvalue weighted by molar-refractivity contribution is 6.33. The van der Waals surface area contributed by atoms with E-state index in [0.717, 1.165) is 12.2 Å². The van der Waals surface area contributed by atoms with Gasteiger partial charge in [-0.05, 0) is 54.2 Å². The predicted octanol–water partition coefficient (Wildman–Crippen LogP) is 6.52. The van der Waals surface area contributed by atoms with Crippen LogP contribution in [-0.2, 0) is 4.79 Å². The fraction of sp³-hybridized carbons (Fsp3) is 0.154. The molecule has 6 nitrogen and oxygen atoms in total. The number of aliphatic carboxylic acids is 1. The average molecular weight is 551 g/mol. The van der Waals surface area contributed by atoms with Gasteiger partial charge in [0.15, 0.2) is 0 Å². The summed E-state index contributed by atoms with van der Waals surface area (Å²) in [4.78, 5) is 11.4. The van der Waals surface area contributed by atoms with Crippen LogP contribution >= 0.6 is 23.2 Å². The minimum Gasteiger partial charge on any atom is -0.497 e. The van der Waals surface area contributed by atoms with Crippen molar-refractivity contribution in [2.45, 2.75) is 17.7 Å². The van der Waals surface area contributed by atoms with Gasteiger partial charge in [-0.1, -0.05) is 35.9 Å². The minimum atomic E-state index is -4.86. The van der Waals surface area contributed by atoms with Crippen molar-refractivity contribution in [2.75, 3.05) is 7.11 Å². The van der Waals surface area contributed by atoms with Crippen LogP contribution in [0.4, 0.5) is 13.2 Å². The molecule has 4 rings (SSSR count). The van der Waals surface area contributed by atoms with E-state index in [2.05, 4.69) is 5.10 Å². The average Bonchev–Trinajstić information content (AvgIpc) is 3.00. The molecule has 2 aromatic rings. The van der Waals surface area contributed by atoms with Gasteiger partial charge in [0.05, 0.1) is 34.9 Å². The maximum atomic E-state index is 13.9. The largest absolute Gasteiger partial charge is 0.497 e. The number of carbonyl (C=O) groups is 1. The minimum absolute atomic E-state index is 0.116. The van der Waals surface area contributed by atoms with Crippen LogP contribution in [0.25, 0.3) is 16.8 Å². The molecule has 192 valence electrons. The van der Waals surface area contributed by atoms with E-state index in [1.54, 1.807) is 54.8 Å². The van der Waals surface area contributed by atoms with Crippen LogP contribution in [0.15, 0.2) is 95.2 Å². The summed E-state index contributed by atoms with van der Waals surface area (Å²) in [6, 6.07) is 6.79. The second-order valence-electron chi connectivity index (χ2n) is 7.89. The number of carboxylic acid groups (broad SMARTS) is 1. The topological polar surface area (TPSA) is 73.6 Å². The van der Waals surface area contributed by atoms with Crippen LogP contribution in [-0.4, -0.2) is 45.6 Å². The van der Waals surface area contributed by atoms with E-state index < -0.39 is 34.8 Å². The third kappa shape index (κ3) is 6.18. The molecule has 1 heterocycles. The number of hydrogen-bond donors (Lipinski definition) is 1. The van der Waals surface area contributed by atoms with E-state index in [1.807, 2.05) is 0 Å². The quantitative estimate of drug-likeness (QED) is 0.414. The molecule has 0 bridgehead atoms. The van der Waals surface area contributed by atoms with Crippen molar-refractivity contribution < 1.29 is 32.5 Å². The summed E-state index contributed by atoms with van der Waals surface area (Å²) < 4.78 is 54.2. The molecular formula is C26H19Cl2F3N2O4. The normalized spacial score (nSPS) is 19.7. The molecule has 0 aliphatic heterocycles. The second kappa shape index (κ2) is 10.7. The van der Waals surface area contributed by atoms with Gasteiger partial charge in [0.1, 0.15) is 11.9 Å². The fourth-order valence-electron chi connectivity index (χ4n) is 3.58. The number of nitrogens with zero attached hydrogens (tertiary/aromatic N) is 2. The summed E-state index contributed by atoms with van der Waals surface area (Å²) in [5, 5.41) is 13.5. The van der Waals surface area contributed by atoms with E-state index in [9.17, 15) is 23.1 Å². The monoisotopic (exact) mass is 550 g/mol. The lowest BCUT2D eigenvalue weighted by atomic mass is 10.1. The highest BCUT2D eigenvalue weighted by atomic mass is 35.5. The smallest absolute Gasteiger partial charge is 0.416 e. The highest BCUT2D eigenvalue weighted by Crippen LogP contribution is 2.37. The number of rotatable bonds is 6. The molecule has 2 unspecified atom stereocenters. The predicted molar refractivity (Wildman–Crippen MR) is 135 cm³/mol. The van der Waals surface area contributed by atoms with Crippen molar-refractivity contribution in [3.63, 3.8) is 0 Å². The Morgan fingerprint density at radius 2 is 1.89 bits per heavy atom. The first-order valence-electron chi connectivity index (χ1n) is 10.8. The van der Waals surface area contributed by atoms with Gasteiger partial charge in [0, 0.05) is 11.2 Å². The Balaban J connectivity index is 1.80. The molecule has 0 saturated carbocycles. The molecule has 2 aliphatic rings. The third-order valence-electron chi connectivity index (χ3n) is 5.39. The van der Waals surface area contributed by atoms with E-state index in [-0.39, 0.29) is 5.88 Å². The molecule has 2 aliphatic carbocycles. The molecule has 0 amide bonds. The van der Waals surface area contributed by atoms with Gasteiger partial charge < -0.3 is 14.6 Å². The summed E-state index contributed by atoms with van der Waals surface area (Å²) in [6.45, 7) is 0. The van der Waals surface area contributed by atoms with E-state index >= 15 is 0 Å². The Kier molecular flexibility index (Phi) is 7.65. The second-order valence-corrected chi connectivity index (χ2v) is 8.83. The third-order valence-corrected chi connectivity index (χ3v) is 5.90. The molecule has 0 spiro atoms. The standard InChI is InChI=1S/C26H19Cl2F3N2O4/c1-36-20-9-5-15(6-10-20)21-14-33(19-8-7-17(27)12-18(28)13-19)32-24(21)37-23-4-2-3-16(25(34)35)11-22(23)26(29,30)31/h2-14,17,23H,1H3,(H,34,35). The molecular weight excluding hydrogens is 532 g/mol. The fourth-order valence-corrected chi connectivity index (χ4v) is 4.11. The maximum absolute atomic E-state index is 13.9. The number of aromatic nitrogens is 2. The number of hydrogen-bond acceptors (Lipinski definition) is 4. The molecule has 0 saturated heterocycles. The van der Waals surface area contributed by atoms with E-state index in [0.29, 0.717) is 33.7 Å². The van der Waals surface area contributed by atoms with Crippen molar-refractivity contribution in [2.24, 2.45) is 0 Å². The lowest BCUT2D eigenvalue weighted by Gasteiger charge is -2.20. The summed E-state index contributed by atoms with van der Waals surface area (Å²) in [5.74, 6) is -1.03. The van der Waals surface area contributed by atoms with Crippen molar-refractivity contribution in [3.8, 4) is 22.8 Å². The van der Waals surface area contributed by atoms with Gasteiger partial charge in [0.2, 0.25) is 5.88 Å². The van der Waals surface area contributed by atoms with E-state index in [1.165, 1.54) is 17.9 Å². The van der Waals surface area contributed by atoms with Crippen LogP contribution in [0, 0.1) is 0 Å². The van der Waals surface area contributed by atoms with Crippen molar-refractivity contribution in [1.82, 2.24) is 9.78 Å². The SMILES string of the molecule is COc1ccc(-c2cn(C3=CC(Cl)=CC(Cl)C=C3)nc2OC2C=CC=C(C(=O)O)C=C2C(F)(F)F)cc1. The molecule has 0 fully saturated rings. The molecule has 0 radical (unpaired) electrons. The number of carboxylic acids is 1. The zero-order chi connectivity index (χ0) is 26.7. The van der Waals surface area contributed by atoms with Crippen LogP contribution in [0.3, 0.4) is 0 Å². The number of benzene rings is 1. The van der Waals surface area contributed by atoms with Gasteiger partial charge in [-0.25, -0.2) is 9.48 Å². The Morgan fingerprint density at radius 3 is 2.54 bits per heavy atom. The van der Waals surface area contributed by atoms with Crippen molar-refractivity contribution >= 4 is 34.9 Å². The molecule has 11 heteroatoms. The summed E-state index contributed by atoms with van der Waals surface area (Å²) >= 11 is 12.4. The van der Waals surface area contributed by atoms with E-state index in [4.69, 9.17) is 32.7 Å². The summed E-state index contributed by atoms with van der Waals surface area (Å²) in [6.07, 6.45) is 5.57. The number of methoxy groups -OCH3 is 1. The Labute approximate surface area is 219 Å². The molecule has 2 atom stereocenters. The molecule has 1 aromatic heterocycles. The number of alkyl halides is 4. The van der Waals surface area contributed by atoms with Gasteiger partial charge in [0.25, 0.3) is 0 Å². The Morgan fingerprint density at radius 1 is 1.16 bits per heavy atom. The molecule has 1 N–H and O–H groups in total. The zero-order valence-electron chi connectivity index (χ0n) is 19.1. The first-order valence-corrected chi connectivity index (χ1v) is 11.6. The molecule has 37 heavy (non-hydrogen) atoms. The van der Waals surface area contributed by atoms with Gasteiger partial charge in [-0.3, -0.25) is 0 Å². The summed E-state index contributed by atoms with van der Waals surface area (Å²) in [5.41, 5.74) is -0.242. The first-order chi connectivity index (χ1) is 17.5. The zero-order valence-corrected chi connectivity index (χ0v) is 20.6. The van der Waals surface area contributed by atoms with Crippen LogP contribution in [0.5, 0.6) is 11.6 Å². The van der Waals surface area contributed by atoms with Crippen LogP contribution in [0.1, 0.15) is 0 Å². The van der Waals surface area contributed by atoms with Crippen LogP contribution in [0.2, 0.25) is 0 Å². The van der Waals surface area contributed by atoms with Crippen molar-refractivity contribution in [1.29, 1.82) is 0 Å². The highest BCUT2D eigenvalue weighted by Gasteiger charge is 2.40. The first kappa shape index (κ1) is 26.4. The van der Waals surface area contributed by atoms with Crippen molar-refractivity contribution in [3.05, 3.63) is 95.2 Å². The summed E-state index contributed by atoms with van der Waals surface area (Å²) in [7, 11) is 1.51. The maximum Gasteiger partial charge on any atom is 0.416 e. The number of allylic oxidation sites excluding steroid dienone is 8. The lowest BCUT2D eigenvalue weighted by molar-refractivity contribution is -0.132. The Bertz CT molecular complexity index is 1380.